The third-order valence-electron chi connectivity index (χ3n) is 6.66. The van der Waals surface area contributed by atoms with Crippen LogP contribution in [0.3, 0.4) is 0 Å². The van der Waals surface area contributed by atoms with Crippen LogP contribution in [0.25, 0.3) is 10.9 Å². The molecule has 1 saturated carbocycles. The zero-order chi connectivity index (χ0) is 22.2. The van der Waals surface area contributed by atoms with Crippen molar-refractivity contribution in [3.63, 3.8) is 0 Å². The Labute approximate surface area is 191 Å². The molecule has 32 heavy (non-hydrogen) atoms. The van der Waals surface area contributed by atoms with Gasteiger partial charge in [-0.3, -0.25) is 9.69 Å². The van der Waals surface area contributed by atoms with Crippen LogP contribution < -0.4 is 10.5 Å². The Hall–Kier alpha value is -2.57. The molecular weight excluding hydrogens is 429 g/mol. The van der Waals surface area contributed by atoms with Crippen LogP contribution in [0.4, 0.5) is 4.39 Å². The smallest absolute Gasteiger partial charge is 0.249 e. The van der Waals surface area contributed by atoms with Crippen LogP contribution >= 0.6 is 11.6 Å². The van der Waals surface area contributed by atoms with E-state index in [2.05, 4.69) is 16.1 Å². The van der Waals surface area contributed by atoms with Gasteiger partial charge in [-0.2, -0.15) is 0 Å². The van der Waals surface area contributed by atoms with Gasteiger partial charge in [-0.1, -0.05) is 11.6 Å². The van der Waals surface area contributed by atoms with E-state index in [1.807, 2.05) is 18.2 Å². The topological polar surface area (TPSA) is 71.4 Å². The number of nitrogens with zero attached hydrogens (tertiary/aromatic N) is 1. The standard InChI is InChI=1S/C25H27ClFN3O2/c26-17-5-8-23-20(10-17)16(12-29-23)2-1-9-30(13-15-3-4-15)18-11-21-19(25(28)31)6-7-22(27)24(21)32-14-18/h5-8,10,12,15,18,29H,1-4,9,11,13-14H2,(H2,28,31). The first-order valence-electron chi connectivity index (χ1n) is 11.2. The van der Waals surface area contributed by atoms with Crippen molar-refractivity contribution in [1.82, 2.24) is 9.88 Å². The maximum atomic E-state index is 14.3. The highest BCUT2D eigenvalue weighted by atomic mass is 35.5. The van der Waals surface area contributed by atoms with Gasteiger partial charge in [-0.05, 0) is 80.5 Å². The minimum Gasteiger partial charge on any atom is -0.489 e. The molecule has 168 valence electrons. The fourth-order valence-electron chi connectivity index (χ4n) is 4.78. The van der Waals surface area contributed by atoms with Crippen molar-refractivity contribution in [1.29, 1.82) is 0 Å². The average molecular weight is 456 g/mol. The maximum absolute atomic E-state index is 14.3. The quantitative estimate of drug-likeness (QED) is 0.516. The molecule has 0 radical (unpaired) electrons. The minimum absolute atomic E-state index is 0.0976. The van der Waals surface area contributed by atoms with Gasteiger partial charge in [0.1, 0.15) is 6.61 Å². The van der Waals surface area contributed by atoms with Crippen LogP contribution in [-0.2, 0) is 12.8 Å². The second-order valence-corrected chi connectivity index (χ2v) is 9.42. The summed E-state index contributed by atoms with van der Waals surface area (Å²) in [6.07, 6.45) is 7.06. The van der Waals surface area contributed by atoms with Crippen molar-refractivity contribution < 1.29 is 13.9 Å². The summed E-state index contributed by atoms with van der Waals surface area (Å²) in [4.78, 5) is 17.7. The number of aryl methyl sites for hydroxylation is 1. The van der Waals surface area contributed by atoms with Crippen LogP contribution in [0.15, 0.2) is 36.5 Å². The van der Waals surface area contributed by atoms with Crippen LogP contribution in [-0.4, -0.2) is 41.5 Å². The van der Waals surface area contributed by atoms with E-state index in [4.69, 9.17) is 22.1 Å². The van der Waals surface area contributed by atoms with Crippen LogP contribution in [0.5, 0.6) is 5.75 Å². The van der Waals surface area contributed by atoms with E-state index in [-0.39, 0.29) is 11.8 Å². The van der Waals surface area contributed by atoms with Gasteiger partial charge in [0.2, 0.25) is 5.91 Å². The summed E-state index contributed by atoms with van der Waals surface area (Å²) < 4.78 is 20.1. The van der Waals surface area contributed by atoms with E-state index in [1.54, 1.807) is 0 Å². The molecule has 1 amide bonds. The molecule has 1 aliphatic carbocycles. The molecule has 7 heteroatoms. The second-order valence-electron chi connectivity index (χ2n) is 8.98. The molecule has 5 nitrogen and oxygen atoms in total. The number of ether oxygens (including phenoxy) is 1. The normalized spacial score (nSPS) is 18.0. The molecule has 3 N–H and O–H groups in total. The number of H-pyrrole nitrogens is 1. The average Bonchev–Trinajstić information content (AvgIpc) is 3.51. The lowest BCUT2D eigenvalue weighted by Gasteiger charge is -2.36. The molecule has 2 aromatic carbocycles. The van der Waals surface area contributed by atoms with Gasteiger partial charge in [0.25, 0.3) is 0 Å². The Balaban J connectivity index is 1.30. The number of fused-ring (bicyclic) bond motifs is 2. The number of nitrogens with two attached hydrogens (primary N) is 1. The maximum Gasteiger partial charge on any atom is 0.249 e. The van der Waals surface area contributed by atoms with Crippen molar-refractivity contribution in [3.05, 3.63) is 64.1 Å². The molecule has 3 aromatic rings. The summed E-state index contributed by atoms with van der Waals surface area (Å²) in [7, 11) is 0. The van der Waals surface area contributed by atoms with Crippen molar-refractivity contribution in [2.45, 2.75) is 38.1 Å². The van der Waals surface area contributed by atoms with Gasteiger partial charge in [0.15, 0.2) is 11.6 Å². The molecule has 0 spiro atoms. The molecule has 2 heterocycles. The Morgan fingerprint density at radius 3 is 2.91 bits per heavy atom. The number of aromatic amines is 1. The molecule has 1 atom stereocenters. The third kappa shape index (κ3) is 4.34. The molecule has 2 aliphatic rings. The summed E-state index contributed by atoms with van der Waals surface area (Å²) in [6, 6.07) is 8.74. The van der Waals surface area contributed by atoms with Gasteiger partial charge < -0.3 is 15.5 Å². The van der Waals surface area contributed by atoms with Crippen molar-refractivity contribution in [2.75, 3.05) is 19.7 Å². The molecule has 0 saturated heterocycles. The van der Waals surface area contributed by atoms with E-state index in [0.29, 0.717) is 30.1 Å². The Kier molecular flexibility index (Phi) is 5.82. The molecule has 1 aromatic heterocycles. The summed E-state index contributed by atoms with van der Waals surface area (Å²) in [5.41, 5.74) is 8.86. The van der Waals surface area contributed by atoms with Crippen molar-refractivity contribution in [2.24, 2.45) is 11.7 Å². The number of primary amides is 1. The molecular formula is C25H27ClFN3O2. The Morgan fingerprint density at radius 1 is 1.28 bits per heavy atom. The highest BCUT2D eigenvalue weighted by Crippen LogP contribution is 2.35. The molecule has 1 aliphatic heterocycles. The van der Waals surface area contributed by atoms with E-state index in [9.17, 15) is 9.18 Å². The summed E-state index contributed by atoms with van der Waals surface area (Å²) >= 11 is 6.19. The fraction of sp³-hybridized carbons (Fsp3) is 0.400. The summed E-state index contributed by atoms with van der Waals surface area (Å²) in [5, 5.41) is 1.91. The van der Waals surface area contributed by atoms with Crippen molar-refractivity contribution in [3.8, 4) is 5.75 Å². The zero-order valence-electron chi connectivity index (χ0n) is 17.9. The van der Waals surface area contributed by atoms with E-state index in [0.717, 1.165) is 36.5 Å². The molecule has 0 bridgehead atoms. The largest absolute Gasteiger partial charge is 0.489 e. The highest BCUT2D eigenvalue weighted by Gasteiger charge is 2.33. The number of amides is 1. The van der Waals surface area contributed by atoms with E-state index in [1.165, 1.54) is 35.9 Å². The SMILES string of the molecule is NC(=O)c1ccc(F)c2c1CC(N(CCCc1c[nH]c3ccc(Cl)cc13)CC1CC1)CO2. The van der Waals surface area contributed by atoms with E-state index >= 15 is 0 Å². The summed E-state index contributed by atoms with van der Waals surface area (Å²) in [6.45, 7) is 2.33. The number of benzene rings is 2. The Bertz CT molecular complexity index is 1160. The minimum atomic E-state index is -0.544. The monoisotopic (exact) mass is 455 g/mol. The van der Waals surface area contributed by atoms with Crippen LogP contribution in [0.1, 0.15) is 40.7 Å². The van der Waals surface area contributed by atoms with Crippen LogP contribution in [0, 0.1) is 11.7 Å². The number of carbonyl (C=O) groups is 1. The molecule has 1 unspecified atom stereocenters. The first kappa shape index (κ1) is 21.3. The summed E-state index contributed by atoms with van der Waals surface area (Å²) in [5.74, 6) is -0.0848. The Morgan fingerprint density at radius 2 is 2.12 bits per heavy atom. The number of aromatic nitrogens is 1. The number of halogens is 2. The zero-order valence-corrected chi connectivity index (χ0v) is 18.6. The van der Waals surface area contributed by atoms with Crippen LogP contribution in [0.2, 0.25) is 5.02 Å². The molecule has 5 rings (SSSR count). The first-order chi connectivity index (χ1) is 15.5. The number of hydrogen-bond acceptors (Lipinski definition) is 3. The van der Waals surface area contributed by atoms with Gasteiger partial charge in [0.05, 0.1) is 0 Å². The lowest BCUT2D eigenvalue weighted by atomic mass is 9.95. The van der Waals surface area contributed by atoms with Gasteiger partial charge >= 0.3 is 0 Å². The fourth-order valence-corrected chi connectivity index (χ4v) is 4.95. The number of carbonyl (C=O) groups excluding carboxylic acids is 1. The van der Waals surface area contributed by atoms with E-state index < -0.39 is 11.7 Å². The highest BCUT2D eigenvalue weighted by molar-refractivity contribution is 6.31. The number of rotatable bonds is 8. The first-order valence-corrected chi connectivity index (χ1v) is 11.6. The lowest BCUT2D eigenvalue weighted by molar-refractivity contribution is 0.0980. The second kappa shape index (κ2) is 8.75. The predicted molar refractivity (Wildman–Crippen MR) is 124 cm³/mol. The van der Waals surface area contributed by atoms with Gasteiger partial charge in [-0.25, -0.2) is 4.39 Å². The van der Waals surface area contributed by atoms with Crippen molar-refractivity contribution >= 4 is 28.4 Å². The van der Waals surface area contributed by atoms with Gasteiger partial charge in [0, 0.05) is 45.8 Å². The lowest BCUT2D eigenvalue weighted by Crippen LogP contribution is -2.45. The predicted octanol–water partition coefficient (Wildman–Crippen LogP) is 4.71. The molecule has 1 fully saturated rings. The number of nitrogens with one attached hydrogen (secondary N) is 1. The van der Waals surface area contributed by atoms with Gasteiger partial charge in [-0.15, -0.1) is 0 Å². The number of hydrogen-bond donors (Lipinski definition) is 2. The third-order valence-corrected chi connectivity index (χ3v) is 6.90.